The molecule has 1 saturated heterocycles. The van der Waals surface area contributed by atoms with Crippen LogP contribution in [-0.2, 0) is 11.3 Å². The molecule has 0 atom stereocenters. The van der Waals surface area contributed by atoms with Gasteiger partial charge in [0.05, 0.1) is 11.4 Å². The number of hydrogen-bond donors (Lipinski definition) is 2. The number of benzene rings is 2. The zero-order chi connectivity index (χ0) is 22.8. The second-order valence-corrected chi connectivity index (χ2v) is 8.29. The summed E-state index contributed by atoms with van der Waals surface area (Å²) in [5.74, 6) is 0.339. The number of nitrogens with zero attached hydrogens (tertiary/aromatic N) is 4. The Labute approximate surface area is 191 Å². The van der Waals surface area contributed by atoms with E-state index in [9.17, 15) is 4.79 Å². The first kappa shape index (κ1) is 21.1. The first-order valence-corrected chi connectivity index (χ1v) is 11.1. The van der Waals surface area contributed by atoms with E-state index in [1.54, 1.807) is 0 Å². The first-order chi connectivity index (χ1) is 16.1. The Balaban J connectivity index is 1.39. The minimum Gasteiger partial charge on any atom is -0.383 e. The number of hydrogen-bond acceptors (Lipinski definition) is 6. The lowest BCUT2D eigenvalue weighted by Gasteiger charge is -2.22. The molecule has 3 heterocycles. The Kier molecular flexibility index (Phi) is 5.75. The van der Waals surface area contributed by atoms with Crippen LogP contribution in [0.15, 0.2) is 54.9 Å². The predicted octanol–water partition coefficient (Wildman–Crippen LogP) is 3.67. The second-order valence-electron chi connectivity index (χ2n) is 8.29. The summed E-state index contributed by atoms with van der Waals surface area (Å²) in [5, 5.41) is 8.66. The maximum absolute atomic E-state index is 12.5. The molecule has 8 heteroatoms. The molecular formula is C25H26N6O2. The summed E-state index contributed by atoms with van der Waals surface area (Å²) >= 11 is 0. The zero-order valence-electron chi connectivity index (χ0n) is 18.5. The number of rotatable bonds is 5. The number of carbonyl (C=O) groups excluding carboxylic acids is 1. The quantitative estimate of drug-likeness (QED) is 0.488. The Morgan fingerprint density at radius 3 is 2.64 bits per heavy atom. The van der Waals surface area contributed by atoms with Gasteiger partial charge in [-0.3, -0.25) is 4.79 Å². The molecule has 4 aromatic rings. The summed E-state index contributed by atoms with van der Waals surface area (Å²) in [6.07, 6.45) is 3.26. The SMILES string of the molecule is Cc1ccccc1C(=O)NCc1ccc(-c2nn(C3CCOCC3)c3ncnc(N)c23)cc1. The van der Waals surface area contributed by atoms with Gasteiger partial charge in [0, 0.05) is 30.9 Å². The van der Waals surface area contributed by atoms with E-state index in [-0.39, 0.29) is 11.9 Å². The molecule has 1 aliphatic heterocycles. The van der Waals surface area contributed by atoms with Crippen LogP contribution in [0.25, 0.3) is 22.3 Å². The molecule has 8 nitrogen and oxygen atoms in total. The van der Waals surface area contributed by atoms with Crippen LogP contribution in [0, 0.1) is 6.92 Å². The van der Waals surface area contributed by atoms with E-state index in [4.69, 9.17) is 15.6 Å². The number of nitrogens with one attached hydrogen (secondary N) is 1. The van der Waals surface area contributed by atoms with Crippen molar-refractivity contribution in [2.45, 2.75) is 32.4 Å². The van der Waals surface area contributed by atoms with Crippen LogP contribution < -0.4 is 11.1 Å². The fourth-order valence-corrected chi connectivity index (χ4v) is 4.27. The number of carbonyl (C=O) groups is 1. The molecule has 5 rings (SSSR count). The van der Waals surface area contributed by atoms with Crippen LogP contribution in [0.4, 0.5) is 5.82 Å². The first-order valence-electron chi connectivity index (χ1n) is 11.1. The van der Waals surface area contributed by atoms with Gasteiger partial charge in [0.1, 0.15) is 17.8 Å². The maximum Gasteiger partial charge on any atom is 0.251 e. The standard InChI is InChI=1S/C25H26N6O2/c1-16-4-2-3-5-20(16)25(32)27-14-17-6-8-18(9-7-17)22-21-23(26)28-15-29-24(21)31(30-22)19-10-12-33-13-11-19/h2-9,15,19H,10-14H2,1H3,(H,27,32)(H2,26,28,29). The van der Waals surface area contributed by atoms with Crippen LogP contribution in [0.1, 0.15) is 40.4 Å². The number of ether oxygens (including phenoxy) is 1. The number of nitrogen functional groups attached to an aromatic ring is 1. The van der Waals surface area contributed by atoms with E-state index in [0.29, 0.717) is 31.1 Å². The summed E-state index contributed by atoms with van der Waals surface area (Å²) in [7, 11) is 0. The van der Waals surface area contributed by atoms with Crippen LogP contribution in [0.3, 0.4) is 0 Å². The molecule has 0 saturated carbocycles. The normalized spacial score (nSPS) is 14.5. The van der Waals surface area contributed by atoms with Crippen LogP contribution >= 0.6 is 0 Å². The molecule has 0 unspecified atom stereocenters. The summed E-state index contributed by atoms with van der Waals surface area (Å²) in [6, 6.07) is 15.8. The molecule has 1 aliphatic rings. The Morgan fingerprint density at radius 1 is 1.12 bits per heavy atom. The largest absolute Gasteiger partial charge is 0.383 e. The van der Waals surface area contributed by atoms with E-state index in [0.717, 1.165) is 46.3 Å². The molecular weight excluding hydrogens is 416 g/mol. The highest BCUT2D eigenvalue weighted by Crippen LogP contribution is 2.33. The molecule has 0 spiro atoms. The third kappa shape index (κ3) is 4.17. The molecule has 1 fully saturated rings. The van der Waals surface area contributed by atoms with Crippen LogP contribution in [0.2, 0.25) is 0 Å². The van der Waals surface area contributed by atoms with Gasteiger partial charge in [-0.05, 0) is 37.0 Å². The lowest BCUT2D eigenvalue weighted by Crippen LogP contribution is -2.23. The average Bonchev–Trinajstić information content (AvgIpc) is 3.25. The van der Waals surface area contributed by atoms with Crippen molar-refractivity contribution in [3.8, 4) is 11.3 Å². The van der Waals surface area contributed by atoms with Gasteiger partial charge in [0.2, 0.25) is 0 Å². The lowest BCUT2D eigenvalue weighted by molar-refractivity contribution is 0.0674. The van der Waals surface area contributed by atoms with Gasteiger partial charge in [0.25, 0.3) is 5.91 Å². The number of aromatic nitrogens is 4. The average molecular weight is 443 g/mol. The molecule has 0 bridgehead atoms. The fraction of sp³-hybridized carbons (Fsp3) is 0.280. The van der Waals surface area contributed by atoms with Crippen molar-refractivity contribution in [3.05, 3.63) is 71.5 Å². The highest BCUT2D eigenvalue weighted by Gasteiger charge is 2.23. The number of amides is 1. The summed E-state index contributed by atoms with van der Waals surface area (Å²) in [5.41, 5.74) is 11.3. The summed E-state index contributed by atoms with van der Waals surface area (Å²) in [4.78, 5) is 21.2. The molecule has 33 heavy (non-hydrogen) atoms. The smallest absolute Gasteiger partial charge is 0.251 e. The summed E-state index contributed by atoms with van der Waals surface area (Å²) < 4.78 is 7.48. The number of anilines is 1. The van der Waals surface area contributed by atoms with Crippen LogP contribution in [-0.4, -0.2) is 38.9 Å². The van der Waals surface area contributed by atoms with E-state index >= 15 is 0 Å². The van der Waals surface area contributed by atoms with Gasteiger partial charge < -0.3 is 15.8 Å². The van der Waals surface area contributed by atoms with E-state index in [1.807, 2.05) is 60.1 Å². The summed E-state index contributed by atoms with van der Waals surface area (Å²) in [6.45, 7) is 3.80. The van der Waals surface area contributed by atoms with Crippen molar-refractivity contribution >= 4 is 22.8 Å². The Hall–Kier alpha value is -3.78. The van der Waals surface area contributed by atoms with Gasteiger partial charge >= 0.3 is 0 Å². The molecule has 2 aromatic carbocycles. The molecule has 2 aromatic heterocycles. The lowest BCUT2D eigenvalue weighted by atomic mass is 10.1. The molecule has 3 N–H and O–H groups in total. The number of nitrogens with two attached hydrogens (primary N) is 1. The number of aryl methyl sites for hydroxylation is 1. The van der Waals surface area contributed by atoms with E-state index in [2.05, 4.69) is 15.3 Å². The second kappa shape index (κ2) is 8.99. The minimum atomic E-state index is -0.0803. The van der Waals surface area contributed by atoms with Crippen molar-refractivity contribution in [2.24, 2.45) is 0 Å². The van der Waals surface area contributed by atoms with Gasteiger partial charge in [-0.15, -0.1) is 0 Å². The molecule has 0 aliphatic carbocycles. The topological polar surface area (TPSA) is 108 Å². The fourth-order valence-electron chi connectivity index (χ4n) is 4.27. The molecule has 168 valence electrons. The van der Waals surface area contributed by atoms with Gasteiger partial charge in [0.15, 0.2) is 5.65 Å². The Morgan fingerprint density at radius 2 is 1.88 bits per heavy atom. The van der Waals surface area contributed by atoms with E-state index < -0.39 is 0 Å². The van der Waals surface area contributed by atoms with Crippen molar-refractivity contribution in [1.82, 2.24) is 25.1 Å². The van der Waals surface area contributed by atoms with Crippen molar-refractivity contribution < 1.29 is 9.53 Å². The Bertz CT molecular complexity index is 1290. The van der Waals surface area contributed by atoms with Crippen molar-refractivity contribution in [2.75, 3.05) is 18.9 Å². The highest BCUT2D eigenvalue weighted by molar-refractivity contribution is 5.98. The number of fused-ring (bicyclic) bond motifs is 1. The molecule has 0 radical (unpaired) electrons. The zero-order valence-corrected chi connectivity index (χ0v) is 18.5. The van der Waals surface area contributed by atoms with Crippen molar-refractivity contribution in [3.63, 3.8) is 0 Å². The predicted molar refractivity (Wildman–Crippen MR) is 127 cm³/mol. The molecule has 1 amide bonds. The maximum atomic E-state index is 12.5. The highest BCUT2D eigenvalue weighted by atomic mass is 16.5. The van der Waals surface area contributed by atoms with Gasteiger partial charge in [-0.1, -0.05) is 42.5 Å². The monoisotopic (exact) mass is 442 g/mol. The minimum absolute atomic E-state index is 0.0803. The van der Waals surface area contributed by atoms with Crippen LogP contribution in [0.5, 0.6) is 0 Å². The van der Waals surface area contributed by atoms with E-state index in [1.165, 1.54) is 6.33 Å². The van der Waals surface area contributed by atoms with Gasteiger partial charge in [-0.2, -0.15) is 5.10 Å². The third-order valence-corrected chi connectivity index (χ3v) is 6.12. The van der Waals surface area contributed by atoms with Crippen molar-refractivity contribution in [1.29, 1.82) is 0 Å². The third-order valence-electron chi connectivity index (χ3n) is 6.12. The van der Waals surface area contributed by atoms with Gasteiger partial charge in [-0.25, -0.2) is 14.6 Å².